The molecule has 1 aromatic heterocycles. The van der Waals surface area contributed by atoms with Crippen LogP contribution in [0, 0.1) is 0 Å². The number of thiophene rings is 1. The molecule has 0 spiro atoms. The first-order valence-corrected chi connectivity index (χ1v) is 8.50. The Morgan fingerprint density at radius 3 is 2.36 bits per heavy atom. The van der Waals surface area contributed by atoms with Crippen LogP contribution in [0.15, 0.2) is 15.9 Å². The van der Waals surface area contributed by atoms with Gasteiger partial charge in [0.1, 0.15) is 0 Å². The van der Waals surface area contributed by atoms with Crippen molar-refractivity contribution in [3.05, 3.63) is 20.8 Å². The summed E-state index contributed by atoms with van der Waals surface area (Å²) in [5.74, 6) is -0.345. The fourth-order valence-electron chi connectivity index (χ4n) is 2.01. The fourth-order valence-corrected chi connectivity index (χ4v) is 3.39. The van der Waals surface area contributed by atoms with Crippen molar-refractivity contribution in [1.82, 2.24) is 10.2 Å². The molecule has 3 N–H and O–H groups in total. The van der Waals surface area contributed by atoms with Crippen molar-refractivity contribution in [1.29, 1.82) is 0 Å². The quantitative estimate of drug-likeness (QED) is 0.723. The van der Waals surface area contributed by atoms with E-state index in [2.05, 4.69) is 21.2 Å². The van der Waals surface area contributed by atoms with Gasteiger partial charge in [-0.2, -0.15) is 0 Å². The molecule has 8 heteroatoms. The summed E-state index contributed by atoms with van der Waals surface area (Å²) in [7, 11) is 1.62. The minimum absolute atomic E-state index is 0. The van der Waals surface area contributed by atoms with Gasteiger partial charge in [0.05, 0.1) is 20.7 Å². The van der Waals surface area contributed by atoms with Crippen molar-refractivity contribution < 1.29 is 9.59 Å². The van der Waals surface area contributed by atoms with Gasteiger partial charge in [-0.05, 0) is 40.9 Å². The highest BCUT2D eigenvalue weighted by Crippen LogP contribution is 2.23. The summed E-state index contributed by atoms with van der Waals surface area (Å²) in [5.41, 5.74) is 5.38. The Kier molecular flexibility index (Phi) is 9.22. The molecule has 0 saturated carbocycles. The van der Waals surface area contributed by atoms with Crippen LogP contribution in [0.3, 0.4) is 0 Å². The number of nitrogens with zero attached hydrogens (tertiary/aromatic N) is 1. The minimum Gasteiger partial charge on any atom is -0.348 e. The minimum atomic E-state index is -0.382. The maximum absolute atomic E-state index is 12.2. The third kappa shape index (κ3) is 5.53. The molecule has 0 bridgehead atoms. The number of carbonyl (C=O) groups is 2. The van der Waals surface area contributed by atoms with Crippen LogP contribution in [0.25, 0.3) is 0 Å². The van der Waals surface area contributed by atoms with Gasteiger partial charge in [-0.3, -0.25) is 9.59 Å². The Bertz CT molecular complexity index is 498. The van der Waals surface area contributed by atoms with Gasteiger partial charge in [0, 0.05) is 13.6 Å². The highest BCUT2D eigenvalue weighted by atomic mass is 79.9. The molecular formula is C14H23BrClN3O2S. The van der Waals surface area contributed by atoms with Gasteiger partial charge in [-0.25, -0.2) is 0 Å². The number of halogens is 2. The first-order chi connectivity index (χ1) is 9.87. The number of amides is 2. The molecule has 126 valence electrons. The molecule has 2 amide bonds. The molecule has 5 nitrogen and oxygen atoms in total. The van der Waals surface area contributed by atoms with E-state index in [1.807, 2.05) is 19.9 Å². The van der Waals surface area contributed by atoms with Gasteiger partial charge in [-0.1, -0.05) is 13.8 Å². The number of carbonyl (C=O) groups excluding carboxylic acids is 2. The predicted octanol–water partition coefficient (Wildman–Crippen LogP) is 2.64. The largest absolute Gasteiger partial charge is 0.348 e. The van der Waals surface area contributed by atoms with E-state index in [9.17, 15) is 9.59 Å². The lowest BCUT2D eigenvalue weighted by molar-refractivity contribution is -0.123. The number of hydrogen-bond donors (Lipinski definition) is 2. The lowest BCUT2D eigenvalue weighted by Crippen LogP contribution is -2.55. The van der Waals surface area contributed by atoms with Crippen LogP contribution >= 0.6 is 39.7 Å². The van der Waals surface area contributed by atoms with Crippen LogP contribution in [0.4, 0.5) is 0 Å². The van der Waals surface area contributed by atoms with Crippen molar-refractivity contribution in [2.45, 2.75) is 32.2 Å². The molecule has 0 aromatic carbocycles. The molecule has 0 unspecified atom stereocenters. The highest BCUT2D eigenvalue weighted by molar-refractivity contribution is 9.11. The molecule has 0 saturated heterocycles. The Balaban J connectivity index is 0.00000441. The van der Waals surface area contributed by atoms with E-state index in [4.69, 9.17) is 5.73 Å². The first-order valence-electron chi connectivity index (χ1n) is 6.89. The summed E-state index contributed by atoms with van der Waals surface area (Å²) in [6, 6.07) is 3.56. The predicted molar refractivity (Wildman–Crippen MR) is 96.7 cm³/mol. The van der Waals surface area contributed by atoms with E-state index in [-0.39, 0.29) is 36.3 Å². The smallest absolute Gasteiger partial charge is 0.264 e. The zero-order valence-electron chi connectivity index (χ0n) is 13.0. The number of likely N-dealkylation sites (N-methyl/N-ethyl adjacent to an activating group) is 1. The van der Waals surface area contributed by atoms with E-state index in [1.54, 1.807) is 13.1 Å². The van der Waals surface area contributed by atoms with Gasteiger partial charge < -0.3 is 16.0 Å². The molecule has 0 fully saturated rings. The molecule has 0 atom stereocenters. The Hall–Kier alpha value is -0.630. The summed E-state index contributed by atoms with van der Waals surface area (Å²) in [4.78, 5) is 26.3. The van der Waals surface area contributed by atoms with Crippen LogP contribution in [0.1, 0.15) is 36.4 Å². The molecule has 1 rings (SSSR count). The molecule has 0 aliphatic rings. The molecule has 0 aliphatic carbocycles. The maximum Gasteiger partial charge on any atom is 0.264 e. The molecule has 0 radical (unpaired) electrons. The van der Waals surface area contributed by atoms with E-state index in [0.717, 1.165) is 16.6 Å². The van der Waals surface area contributed by atoms with E-state index in [0.29, 0.717) is 11.4 Å². The molecule has 22 heavy (non-hydrogen) atoms. The van der Waals surface area contributed by atoms with Crippen LogP contribution < -0.4 is 11.1 Å². The molecule has 0 aliphatic heterocycles. The van der Waals surface area contributed by atoms with Crippen molar-refractivity contribution >= 4 is 51.5 Å². The lowest BCUT2D eigenvalue weighted by atomic mass is 9.93. The number of nitrogens with one attached hydrogen (secondary N) is 1. The summed E-state index contributed by atoms with van der Waals surface area (Å²) in [6.07, 6.45) is 1.53. The van der Waals surface area contributed by atoms with Gasteiger partial charge >= 0.3 is 0 Å². The average Bonchev–Trinajstić information content (AvgIpc) is 2.90. The first kappa shape index (κ1) is 21.4. The summed E-state index contributed by atoms with van der Waals surface area (Å²) in [6.45, 7) is 4.40. The Morgan fingerprint density at radius 1 is 1.36 bits per heavy atom. The second-order valence-corrected chi connectivity index (χ2v) is 7.47. The molecule has 1 aromatic rings. The number of hydrogen-bond acceptors (Lipinski definition) is 4. The normalized spacial score (nSPS) is 10.8. The highest BCUT2D eigenvalue weighted by Gasteiger charge is 2.27. The van der Waals surface area contributed by atoms with Crippen LogP contribution in [0.5, 0.6) is 0 Å². The van der Waals surface area contributed by atoms with Crippen LogP contribution in [0.2, 0.25) is 0 Å². The van der Waals surface area contributed by atoms with Gasteiger partial charge in [-0.15, -0.1) is 23.7 Å². The SMILES string of the molecule is CCC(CC)(CN)NC(=O)CN(C)C(=O)c1ccc(Br)s1.Cl. The van der Waals surface area contributed by atoms with Gasteiger partial charge in [0.25, 0.3) is 5.91 Å². The van der Waals surface area contributed by atoms with Crippen molar-refractivity contribution in [2.75, 3.05) is 20.1 Å². The summed E-state index contributed by atoms with van der Waals surface area (Å²) < 4.78 is 0.891. The zero-order valence-corrected chi connectivity index (χ0v) is 16.2. The second kappa shape index (κ2) is 9.50. The van der Waals surface area contributed by atoms with Crippen LogP contribution in [-0.2, 0) is 4.79 Å². The number of rotatable bonds is 7. The third-order valence-corrected chi connectivity index (χ3v) is 5.27. The van der Waals surface area contributed by atoms with E-state index >= 15 is 0 Å². The maximum atomic E-state index is 12.2. The van der Waals surface area contributed by atoms with Crippen molar-refractivity contribution in [3.8, 4) is 0 Å². The number of nitrogens with two attached hydrogens (primary N) is 1. The second-order valence-electron chi connectivity index (χ2n) is 5.00. The Morgan fingerprint density at radius 2 is 1.95 bits per heavy atom. The third-order valence-electron chi connectivity index (χ3n) is 3.66. The lowest BCUT2D eigenvalue weighted by Gasteiger charge is -2.32. The van der Waals surface area contributed by atoms with Crippen molar-refractivity contribution in [3.63, 3.8) is 0 Å². The standard InChI is InChI=1S/C14H22BrN3O2S.ClH/c1-4-14(5-2,9-16)17-12(19)8-18(3)13(20)10-6-7-11(15)21-10;/h6-7H,4-5,8-9,16H2,1-3H3,(H,17,19);1H. The van der Waals surface area contributed by atoms with E-state index < -0.39 is 0 Å². The fraction of sp³-hybridized carbons (Fsp3) is 0.571. The Labute approximate surface area is 150 Å². The van der Waals surface area contributed by atoms with E-state index in [1.165, 1.54) is 16.2 Å². The summed E-state index contributed by atoms with van der Waals surface area (Å²) in [5, 5.41) is 2.96. The zero-order chi connectivity index (χ0) is 16.0. The summed E-state index contributed by atoms with van der Waals surface area (Å²) >= 11 is 4.67. The monoisotopic (exact) mass is 411 g/mol. The van der Waals surface area contributed by atoms with Gasteiger partial charge in [0.2, 0.25) is 5.91 Å². The van der Waals surface area contributed by atoms with Crippen molar-refractivity contribution in [2.24, 2.45) is 5.73 Å². The topological polar surface area (TPSA) is 75.4 Å². The van der Waals surface area contributed by atoms with Crippen LogP contribution in [-0.4, -0.2) is 42.4 Å². The van der Waals surface area contributed by atoms with Gasteiger partial charge in [0.15, 0.2) is 0 Å². The molecule has 1 heterocycles. The molecular weight excluding hydrogens is 390 g/mol. The average molecular weight is 413 g/mol.